The summed E-state index contributed by atoms with van der Waals surface area (Å²) < 4.78 is 9.72. The molecule has 0 aliphatic heterocycles. The predicted molar refractivity (Wildman–Crippen MR) is 56.7 cm³/mol. The van der Waals surface area contributed by atoms with E-state index >= 15 is 0 Å². The van der Waals surface area contributed by atoms with Gasteiger partial charge < -0.3 is 14.6 Å². The number of aliphatic hydroxyl groups is 1. The quantitative estimate of drug-likeness (QED) is 0.433. The number of rotatable bonds is 9. The molecule has 0 aromatic carbocycles. The molecule has 0 aromatic rings. The van der Waals surface area contributed by atoms with Crippen molar-refractivity contribution in [3.05, 3.63) is 0 Å². The average molecular weight is 219 g/mol. The van der Waals surface area contributed by atoms with Gasteiger partial charge in [0.2, 0.25) is 0 Å². The molecule has 0 amide bonds. The van der Waals surface area contributed by atoms with Crippen molar-refractivity contribution in [1.82, 2.24) is 4.90 Å². The fraction of sp³-hybridized carbons (Fsp3) is 0.900. The second kappa shape index (κ2) is 9.89. The standard InChI is InChI=1S/C10H21NO4/c1-3-4-11(9-10(13)14-2)5-7-15-8-6-12/h12H,3-9H2,1-2H3. The highest BCUT2D eigenvalue weighted by atomic mass is 16.5. The Bertz CT molecular complexity index is 164. The van der Waals surface area contributed by atoms with Crippen molar-refractivity contribution in [2.24, 2.45) is 0 Å². The van der Waals surface area contributed by atoms with Gasteiger partial charge in [0, 0.05) is 6.54 Å². The van der Waals surface area contributed by atoms with E-state index in [4.69, 9.17) is 9.84 Å². The van der Waals surface area contributed by atoms with Crippen molar-refractivity contribution in [1.29, 1.82) is 0 Å². The number of esters is 1. The third-order valence-corrected chi connectivity index (χ3v) is 1.91. The molecule has 5 heteroatoms. The normalized spacial score (nSPS) is 10.7. The topological polar surface area (TPSA) is 59.0 Å². The van der Waals surface area contributed by atoms with Crippen LogP contribution < -0.4 is 0 Å². The lowest BCUT2D eigenvalue weighted by molar-refractivity contribution is -0.142. The number of carbonyl (C=O) groups excluding carboxylic acids is 1. The minimum atomic E-state index is -0.231. The summed E-state index contributed by atoms with van der Waals surface area (Å²) >= 11 is 0. The second-order valence-corrected chi connectivity index (χ2v) is 3.19. The maximum Gasteiger partial charge on any atom is 0.319 e. The summed E-state index contributed by atoms with van der Waals surface area (Å²) in [6.07, 6.45) is 0.983. The van der Waals surface area contributed by atoms with Crippen LogP contribution in [0, 0.1) is 0 Å². The van der Waals surface area contributed by atoms with Crippen LogP contribution in [0.15, 0.2) is 0 Å². The number of nitrogens with zero attached hydrogens (tertiary/aromatic N) is 1. The smallest absolute Gasteiger partial charge is 0.319 e. The molecule has 0 aliphatic rings. The summed E-state index contributed by atoms with van der Waals surface area (Å²) in [4.78, 5) is 13.0. The van der Waals surface area contributed by atoms with E-state index < -0.39 is 0 Å². The second-order valence-electron chi connectivity index (χ2n) is 3.19. The highest BCUT2D eigenvalue weighted by Crippen LogP contribution is 1.93. The van der Waals surface area contributed by atoms with Gasteiger partial charge in [-0.3, -0.25) is 9.69 Å². The fourth-order valence-electron chi connectivity index (χ4n) is 1.19. The highest BCUT2D eigenvalue weighted by Gasteiger charge is 2.09. The largest absolute Gasteiger partial charge is 0.468 e. The summed E-state index contributed by atoms with van der Waals surface area (Å²) in [5.74, 6) is -0.231. The van der Waals surface area contributed by atoms with Crippen LogP contribution in [0.2, 0.25) is 0 Å². The Morgan fingerprint density at radius 3 is 2.60 bits per heavy atom. The van der Waals surface area contributed by atoms with Gasteiger partial charge in [0.1, 0.15) is 0 Å². The zero-order valence-corrected chi connectivity index (χ0v) is 9.57. The van der Waals surface area contributed by atoms with E-state index in [-0.39, 0.29) is 12.6 Å². The van der Waals surface area contributed by atoms with E-state index in [0.29, 0.717) is 26.3 Å². The van der Waals surface area contributed by atoms with Crippen molar-refractivity contribution >= 4 is 5.97 Å². The van der Waals surface area contributed by atoms with Crippen LogP contribution in [0.4, 0.5) is 0 Å². The van der Waals surface area contributed by atoms with Gasteiger partial charge in [-0.15, -0.1) is 0 Å². The first-order valence-electron chi connectivity index (χ1n) is 5.22. The van der Waals surface area contributed by atoms with E-state index in [1.807, 2.05) is 4.90 Å². The van der Waals surface area contributed by atoms with Gasteiger partial charge in [0.05, 0.1) is 33.5 Å². The first-order valence-corrected chi connectivity index (χ1v) is 5.22. The molecular weight excluding hydrogens is 198 g/mol. The van der Waals surface area contributed by atoms with Gasteiger partial charge in [-0.1, -0.05) is 6.92 Å². The SMILES string of the molecule is CCCN(CCOCCO)CC(=O)OC. The number of carbonyl (C=O) groups is 1. The Labute approximate surface area is 91.0 Å². The molecule has 90 valence electrons. The van der Waals surface area contributed by atoms with E-state index in [1.54, 1.807) is 0 Å². The summed E-state index contributed by atoms with van der Waals surface area (Å²) in [5, 5.41) is 8.51. The van der Waals surface area contributed by atoms with Gasteiger partial charge in [-0.05, 0) is 13.0 Å². The van der Waals surface area contributed by atoms with Crippen LogP contribution in [0.25, 0.3) is 0 Å². The van der Waals surface area contributed by atoms with E-state index in [1.165, 1.54) is 7.11 Å². The Balaban J connectivity index is 3.67. The lowest BCUT2D eigenvalue weighted by Crippen LogP contribution is -2.34. The van der Waals surface area contributed by atoms with E-state index in [0.717, 1.165) is 13.0 Å². The monoisotopic (exact) mass is 219 g/mol. The molecule has 0 fully saturated rings. The zero-order chi connectivity index (χ0) is 11.5. The van der Waals surface area contributed by atoms with Crippen LogP contribution >= 0.6 is 0 Å². The number of hydrogen-bond acceptors (Lipinski definition) is 5. The molecule has 0 saturated carbocycles. The number of aliphatic hydroxyl groups excluding tert-OH is 1. The first kappa shape index (κ1) is 14.3. The molecule has 0 saturated heterocycles. The van der Waals surface area contributed by atoms with Gasteiger partial charge in [0.15, 0.2) is 0 Å². The molecule has 1 N–H and O–H groups in total. The summed E-state index contributed by atoms with van der Waals surface area (Å²) in [5.41, 5.74) is 0. The van der Waals surface area contributed by atoms with Crippen LogP contribution in [0.3, 0.4) is 0 Å². The molecule has 0 spiro atoms. The van der Waals surface area contributed by atoms with Crippen molar-refractivity contribution < 1.29 is 19.4 Å². The van der Waals surface area contributed by atoms with Crippen molar-refractivity contribution in [3.8, 4) is 0 Å². The maximum atomic E-state index is 11.0. The molecule has 0 rings (SSSR count). The molecule has 0 radical (unpaired) electrons. The van der Waals surface area contributed by atoms with Crippen LogP contribution in [-0.2, 0) is 14.3 Å². The lowest BCUT2D eigenvalue weighted by atomic mass is 10.4. The van der Waals surface area contributed by atoms with Gasteiger partial charge >= 0.3 is 5.97 Å². The van der Waals surface area contributed by atoms with Crippen molar-refractivity contribution in [2.45, 2.75) is 13.3 Å². The Morgan fingerprint density at radius 1 is 1.33 bits per heavy atom. The molecule has 0 atom stereocenters. The van der Waals surface area contributed by atoms with E-state index in [9.17, 15) is 4.79 Å². The fourth-order valence-corrected chi connectivity index (χ4v) is 1.19. The minimum absolute atomic E-state index is 0.0325. The Kier molecular flexibility index (Phi) is 9.46. The first-order chi connectivity index (χ1) is 7.24. The summed E-state index contributed by atoms with van der Waals surface area (Å²) in [7, 11) is 1.38. The lowest BCUT2D eigenvalue weighted by Gasteiger charge is -2.19. The molecule has 0 bridgehead atoms. The Hall–Kier alpha value is -0.650. The molecule has 0 aromatic heterocycles. The molecule has 0 heterocycles. The van der Waals surface area contributed by atoms with Gasteiger partial charge in [-0.2, -0.15) is 0 Å². The molecule has 0 aliphatic carbocycles. The molecule has 0 unspecified atom stereocenters. The molecular formula is C10H21NO4. The minimum Gasteiger partial charge on any atom is -0.468 e. The van der Waals surface area contributed by atoms with Gasteiger partial charge in [0.25, 0.3) is 0 Å². The van der Waals surface area contributed by atoms with E-state index in [2.05, 4.69) is 11.7 Å². The third-order valence-electron chi connectivity index (χ3n) is 1.91. The maximum absolute atomic E-state index is 11.0. The number of hydrogen-bond donors (Lipinski definition) is 1. The third kappa shape index (κ3) is 8.35. The van der Waals surface area contributed by atoms with Crippen LogP contribution in [0.1, 0.15) is 13.3 Å². The highest BCUT2D eigenvalue weighted by molar-refractivity contribution is 5.71. The predicted octanol–water partition coefficient (Wildman–Crippen LogP) is -0.120. The summed E-state index contributed by atoms with van der Waals surface area (Å²) in [6.45, 7) is 4.78. The van der Waals surface area contributed by atoms with Gasteiger partial charge in [-0.25, -0.2) is 0 Å². The number of ether oxygens (including phenoxy) is 2. The van der Waals surface area contributed by atoms with Crippen molar-refractivity contribution in [2.75, 3.05) is 46.6 Å². The molecule has 15 heavy (non-hydrogen) atoms. The zero-order valence-electron chi connectivity index (χ0n) is 9.57. The molecule has 5 nitrogen and oxygen atoms in total. The number of methoxy groups -OCH3 is 1. The van der Waals surface area contributed by atoms with Crippen molar-refractivity contribution in [3.63, 3.8) is 0 Å². The van der Waals surface area contributed by atoms with Crippen LogP contribution in [0.5, 0.6) is 0 Å². The summed E-state index contributed by atoms with van der Waals surface area (Å²) in [6, 6.07) is 0. The van der Waals surface area contributed by atoms with Crippen LogP contribution in [-0.4, -0.2) is 62.5 Å². The Morgan fingerprint density at radius 2 is 2.07 bits per heavy atom. The average Bonchev–Trinajstić information content (AvgIpc) is 2.24.